The van der Waals surface area contributed by atoms with Crippen LogP contribution in [0.3, 0.4) is 0 Å². The molecule has 1 aliphatic rings. The van der Waals surface area contributed by atoms with E-state index >= 15 is 0 Å². The molecular weight excluding hydrogens is 210 g/mol. The molecule has 0 unspecified atom stereocenters. The molecule has 0 atom stereocenters. The summed E-state index contributed by atoms with van der Waals surface area (Å²) in [5, 5.41) is 5.60. The lowest BCUT2D eigenvalue weighted by Crippen LogP contribution is -2.27. The zero-order valence-electron chi connectivity index (χ0n) is 9.20. The van der Waals surface area contributed by atoms with Gasteiger partial charge in [-0.2, -0.15) is 0 Å². The monoisotopic (exact) mass is 225 g/mol. The lowest BCUT2D eigenvalue weighted by atomic mass is 9.93. The fraction of sp³-hybridized carbons (Fsp3) is 0.600. The predicted molar refractivity (Wildman–Crippen MR) is 61.6 cm³/mol. The number of anilines is 1. The number of rotatable bonds is 1. The van der Waals surface area contributed by atoms with E-state index in [9.17, 15) is 4.79 Å². The first kappa shape index (κ1) is 10.4. The molecule has 0 saturated carbocycles. The van der Waals surface area contributed by atoms with Crippen LogP contribution < -0.4 is 10.2 Å². The molecule has 5 heteroatoms. The SMILES string of the molecule is CC(C)(C)c1csc(N2CCNC2=O)n1. The highest BCUT2D eigenvalue weighted by molar-refractivity contribution is 7.14. The number of nitrogens with one attached hydrogen (secondary N) is 1. The molecule has 2 amide bonds. The Balaban J connectivity index is 2.24. The third-order valence-corrected chi connectivity index (χ3v) is 3.21. The van der Waals surface area contributed by atoms with Gasteiger partial charge in [-0.25, -0.2) is 9.78 Å². The van der Waals surface area contributed by atoms with Crippen molar-refractivity contribution in [3.8, 4) is 0 Å². The zero-order valence-corrected chi connectivity index (χ0v) is 10.0. The Morgan fingerprint density at radius 3 is 2.73 bits per heavy atom. The van der Waals surface area contributed by atoms with Crippen LogP contribution in [0.5, 0.6) is 0 Å². The number of carbonyl (C=O) groups is 1. The molecule has 0 aliphatic carbocycles. The van der Waals surface area contributed by atoms with Crippen molar-refractivity contribution < 1.29 is 4.79 Å². The van der Waals surface area contributed by atoms with Gasteiger partial charge in [-0.3, -0.25) is 4.90 Å². The summed E-state index contributed by atoms with van der Waals surface area (Å²) in [7, 11) is 0. The molecule has 82 valence electrons. The molecule has 2 heterocycles. The predicted octanol–water partition coefficient (Wildman–Crippen LogP) is 1.97. The normalized spacial score (nSPS) is 17.0. The highest BCUT2D eigenvalue weighted by Crippen LogP contribution is 2.28. The zero-order chi connectivity index (χ0) is 11.1. The van der Waals surface area contributed by atoms with E-state index in [1.165, 1.54) is 11.3 Å². The van der Waals surface area contributed by atoms with Gasteiger partial charge in [0, 0.05) is 23.9 Å². The topological polar surface area (TPSA) is 45.2 Å². The highest BCUT2D eigenvalue weighted by atomic mass is 32.1. The Hall–Kier alpha value is -1.10. The number of hydrogen-bond acceptors (Lipinski definition) is 3. The number of thiazole rings is 1. The van der Waals surface area contributed by atoms with E-state index in [0.717, 1.165) is 17.4 Å². The van der Waals surface area contributed by atoms with Gasteiger partial charge in [0.1, 0.15) is 0 Å². The number of carbonyl (C=O) groups excluding carboxylic acids is 1. The van der Waals surface area contributed by atoms with E-state index in [2.05, 4.69) is 31.1 Å². The van der Waals surface area contributed by atoms with Crippen molar-refractivity contribution >= 4 is 22.5 Å². The first-order valence-corrected chi connectivity index (χ1v) is 5.88. The van der Waals surface area contributed by atoms with Crippen molar-refractivity contribution in [2.75, 3.05) is 18.0 Å². The van der Waals surface area contributed by atoms with Crippen LogP contribution in [0, 0.1) is 0 Å². The number of hydrogen-bond donors (Lipinski definition) is 1. The lowest BCUT2D eigenvalue weighted by Gasteiger charge is -2.15. The van der Waals surface area contributed by atoms with Crippen LogP contribution in [0.4, 0.5) is 9.93 Å². The fourth-order valence-electron chi connectivity index (χ4n) is 1.39. The van der Waals surface area contributed by atoms with E-state index in [1.807, 2.05) is 5.38 Å². The maximum absolute atomic E-state index is 11.4. The third-order valence-electron chi connectivity index (χ3n) is 2.35. The van der Waals surface area contributed by atoms with E-state index in [1.54, 1.807) is 4.90 Å². The summed E-state index contributed by atoms with van der Waals surface area (Å²) in [5.41, 5.74) is 1.09. The minimum atomic E-state index is -0.0372. The molecule has 1 N–H and O–H groups in total. The third kappa shape index (κ3) is 1.97. The van der Waals surface area contributed by atoms with E-state index < -0.39 is 0 Å². The van der Waals surface area contributed by atoms with Gasteiger partial charge in [0.15, 0.2) is 5.13 Å². The van der Waals surface area contributed by atoms with Crippen LogP contribution in [-0.4, -0.2) is 24.1 Å². The molecule has 15 heavy (non-hydrogen) atoms. The molecule has 4 nitrogen and oxygen atoms in total. The van der Waals surface area contributed by atoms with Gasteiger partial charge in [0.2, 0.25) is 0 Å². The Morgan fingerprint density at radius 1 is 1.53 bits per heavy atom. The molecular formula is C10H15N3OS. The van der Waals surface area contributed by atoms with Crippen LogP contribution >= 0.6 is 11.3 Å². The number of aromatic nitrogens is 1. The van der Waals surface area contributed by atoms with Gasteiger partial charge in [-0.15, -0.1) is 11.3 Å². The number of nitrogens with zero attached hydrogens (tertiary/aromatic N) is 2. The van der Waals surface area contributed by atoms with E-state index in [-0.39, 0.29) is 11.4 Å². The van der Waals surface area contributed by atoms with Crippen molar-refractivity contribution in [3.05, 3.63) is 11.1 Å². The smallest absolute Gasteiger partial charge is 0.323 e. The molecule has 1 fully saturated rings. The average molecular weight is 225 g/mol. The van der Waals surface area contributed by atoms with Crippen LogP contribution in [0.2, 0.25) is 0 Å². The summed E-state index contributed by atoms with van der Waals surface area (Å²) in [5.74, 6) is 0. The van der Waals surface area contributed by atoms with Crippen molar-refractivity contribution in [2.24, 2.45) is 0 Å². The van der Waals surface area contributed by atoms with E-state index in [0.29, 0.717) is 6.54 Å². The minimum absolute atomic E-state index is 0.0372. The summed E-state index contributed by atoms with van der Waals surface area (Å²) < 4.78 is 0. The molecule has 1 aromatic heterocycles. The summed E-state index contributed by atoms with van der Waals surface area (Å²) in [6.07, 6.45) is 0. The molecule has 1 aromatic rings. The first-order chi connectivity index (χ1) is 6.98. The van der Waals surface area contributed by atoms with Crippen molar-refractivity contribution in [2.45, 2.75) is 26.2 Å². The Labute approximate surface area is 93.3 Å². The van der Waals surface area contributed by atoms with E-state index in [4.69, 9.17) is 0 Å². The van der Waals surface area contributed by atoms with Crippen LogP contribution in [0.15, 0.2) is 5.38 Å². The highest BCUT2D eigenvalue weighted by Gasteiger charge is 2.25. The molecule has 2 rings (SSSR count). The number of amides is 2. The molecule has 1 saturated heterocycles. The first-order valence-electron chi connectivity index (χ1n) is 5.00. The average Bonchev–Trinajstić information content (AvgIpc) is 2.69. The Bertz CT molecular complexity index is 380. The maximum Gasteiger partial charge on any atom is 0.323 e. The van der Waals surface area contributed by atoms with Crippen molar-refractivity contribution in [3.63, 3.8) is 0 Å². The quantitative estimate of drug-likeness (QED) is 0.794. The van der Waals surface area contributed by atoms with Crippen LogP contribution in [-0.2, 0) is 5.41 Å². The molecule has 1 aliphatic heterocycles. The van der Waals surface area contributed by atoms with Crippen molar-refractivity contribution in [1.29, 1.82) is 0 Å². The van der Waals surface area contributed by atoms with Gasteiger partial charge < -0.3 is 5.32 Å². The molecule has 0 bridgehead atoms. The second-order valence-corrected chi connectivity index (χ2v) is 5.49. The second-order valence-electron chi connectivity index (χ2n) is 4.65. The van der Waals surface area contributed by atoms with Crippen LogP contribution in [0.25, 0.3) is 0 Å². The van der Waals surface area contributed by atoms with Gasteiger partial charge in [-0.1, -0.05) is 20.8 Å². The summed E-state index contributed by atoms with van der Waals surface area (Å²) >= 11 is 1.53. The Kier molecular flexibility index (Phi) is 2.42. The largest absolute Gasteiger partial charge is 0.336 e. The maximum atomic E-state index is 11.4. The molecule has 0 spiro atoms. The van der Waals surface area contributed by atoms with Gasteiger partial charge >= 0.3 is 6.03 Å². The minimum Gasteiger partial charge on any atom is -0.336 e. The van der Waals surface area contributed by atoms with Crippen LogP contribution in [0.1, 0.15) is 26.5 Å². The molecule has 0 radical (unpaired) electrons. The summed E-state index contributed by atoms with van der Waals surface area (Å²) in [6.45, 7) is 7.79. The van der Waals surface area contributed by atoms with Crippen molar-refractivity contribution in [1.82, 2.24) is 10.3 Å². The van der Waals surface area contributed by atoms with Gasteiger partial charge in [0.25, 0.3) is 0 Å². The second kappa shape index (κ2) is 3.48. The van der Waals surface area contributed by atoms with Gasteiger partial charge in [-0.05, 0) is 0 Å². The number of urea groups is 1. The lowest BCUT2D eigenvalue weighted by molar-refractivity contribution is 0.252. The standard InChI is InChI=1S/C10H15N3OS/c1-10(2,3)7-6-15-9(12-7)13-5-4-11-8(13)14/h6H,4-5H2,1-3H3,(H,11,14). The summed E-state index contributed by atoms with van der Waals surface area (Å²) in [6, 6.07) is -0.0372. The summed E-state index contributed by atoms with van der Waals surface area (Å²) in [4.78, 5) is 17.6. The molecule has 0 aromatic carbocycles. The van der Waals surface area contributed by atoms with Gasteiger partial charge in [0.05, 0.1) is 5.69 Å². The Morgan fingerprint density at radius 2 is 2.27 bits per heavy atom. The fourth-order valence-corrected chi connectivity index (χ4v) is 2.46.